The van der Waals surface area contributed by atoms with Crippen molar-refractivity contribution < 1.29 is 13.6 Å². The molecule has 3 atom stereocenters. The van der Waals surface area contributed by atoms with Gasteiger partial charge >= 0.3 is 7.60 Å². The van der Waals surface area contributed by atoms with E-state index in [1.54, 1.807) is 13.8 Å². The van der Waals surface area contributed by atoms with Gasteiger partial charge in [0.15, 0.2) is 0 Å². The van der Waals surface area contributed by atoms with Gasteiger partial charge in [-0.15, -0.1) is 0 Å². The maximum absolute atomic E-state index is 12.8. The van der Waals surface area contributed by atoms with Crippen LogP contribution in [0.15, 0.2) is 30.3 Å². The Morgan fingerprint density at radius 3 is 2.43 bits per heavy atom. The van der Waals surface area contributed by atoms with Crippen LogP contribution in [-0.4, -0.2) is 19.0 Å². The first-order chi connectivity index (χ1) is 10.1. The van der Waals surface area contributed by atoms with Gasteiger partial charge in [0.2, 0.25) is 0 Å². The largest absolute Gasteiger partial charge is 0.347 e. The van der Waals surface area contributed by atoms with Crippen molar-refractivity contribution in [2.24, 2.45) is 5.92 Å². The Bertz CT molecular complexity index is 534. The fourth-order valence-corrected chi connectivity index (χ4v) is 4.66. The van der Waals surface area contributed by atoms with Crippen molar-refractivity contribution in [2.75, 3.05) is 13.2 Å². The summed E-state index contributed by atoms with van der Waals surface area (Å²) in [6.45, 7) is 4.22. The summed E-state index contributed by atoms with van der Waals surface area (Å²) in [5.41, 5.74) is 1.02. The molecule has 1 aliphatic heterocycles. The van der Waals surface area contributed by atoms with E-state index in [0.717, 1.165) is 5.56 Å². The second-order valence-corrected chi connectivity index (χ2v) is 7.14. The molecule has 0 aromatic heterocycles. The molecule has 1 fully saturated rings. The number of nitrogens with zero attached hydrogens (tertiary/aromatic N) is 1. The standard InChI is InChI=1S/C15H21N2O3P/c1-3-19-21(18,20-4-2)14-10-13(11-16)15(17-14)12-8-6-5-7-9-12/h5-9,13-15,17H,3-4,10H2,1-2H3/t13-,14+,15-/m1/s1. The van der Waals surface area contributed by atoms with Gasteiger partial charge in [-0.1, -0.05) is 30.3 Å². The van der Waals surface area contributed by atoms with Crippen LogP contribution in [0.1, 0.15) is 31.9 Å². The highest BCUT2D eigenvalue weighted by Crippen LogP contribution is 2.57. The SMILES string of the molecule is CCOP(=O)(OCC)[C@H]1C[C@H](C#N)[C@@H](c2ccccc2)N1. The molecule has 1 heterocycles. The third-order valence-corrected chi connectivity index (χ3v) is 5.94. The first-order valence-electron chi connectivity index (χ1n) is 7.24. The van der Waals surface area contributed by atoms with Gasteiger partial charge < -0.3 is 9.05 Å². The molecular weight excluding hydrogens is 287 g/mol. The summed E-state index contributed by atoms with van der Waals surface area (Å²) in [4.78, 5) is 0. The van der Waals surface area contributed by atoms with Gasteiger partial charge in [-0.05, 0) is 25.8 Å². The zero-order valence-electron chi connectivity index (χ0n) is 12.4. The van der Waals surface area contributed by atoms with Crippen LogP contribution in [0.2, 0.25) is 0 Å². The van der Waals surface area contributed by atoms with E-state index in [1.807, 2.05) is 30.3 Å². The van der Waals surface area contributed by atoms with Crippen molar-refractivity contribution in [3.05, 3.63) is 35.9 Å². The number of nitriles is 1. The third kappa shape index (κ3) is 3.53. The first-order valence-corrected chi connectivity index (χ1v) is 8.85. The number of hydrogen-bond donors (Lipinski definition) is 1. The van der Waals surface area contributed by atoms with Crippen molar-refractivity contribution in [2.45, 2.75) is 32.1 Å². The second kappa shape index (κ2) is 7.20. The molecule has 0 aliphatic carbocycles. The Hall–Kier alpha value is -1.18. The molecule has 5 nitrogen and oxygen atoms in total. The van der Waals surface area contributed by atoms with Crippen LogP contribution in [0.25, 0.3) is 0 Å². The number of nitrogens with one attached hydrogen (secondary N) is 1. The average Bonchev–Trinajstić information content (AvgIpc) is 2.93. The van der Waals surface area contributed by atoms with E-state index in [0.29, 0.717) is 19.6 Å². The van der Waals surface area contributed by atoms with E-state index in [4.69, 9.17) is 9.05 Å². The van der Waals surface area contributed by atoms with Crippen molar-refractivity contribution in [1.82, 2.24) is 5.32 Å². The van der Waals surface area contributed by atoms with E-state index in [-0.39, 0.29) is 12.0 Å². The summed E-state index contributed by atoms with van der Waals surface area (Å²) in [6, 6.07) is 11.9. The third-order valence-electron chi connectivity index (χ3n) is 3.58. The molecule has 0 saturated carbocycles. The lowest BCUT2D eigenvalue weighted by Crippen LogP contribution is -2.26. The smallest absolute Gasteiger partial charge is 0.308 e. The molecule has 1 aromatic rings. The van der Waals surface area contributed by atoms with E-state index in [9.17, 15) is 9.83 Å². The lowest BCUT2D eigenvalue weighted by Gasteiger charge is -2.23. The predicted octanol–water partition coefficient (Wildman–Crippen LogP) is 3.45. The second-order valence-electron chi connectivity index (χ2n) is 4.92. The minimum Gasteiger partial charge on any atom is -0.308 e. The molecule has 1 aromatic carbocycles. The van der Waals surface area contributed by atoms with Gasteiger partial charge in [0.1, 0.15) is 5.78 Å². The molecule has 21 heavy (non-hydrogen) atoms. The zero-order valence-corrected chi connectivity index (χ0v) is 13.3. The van der Waals surface area contributed by atoms with Gasteiger partial charge in [-0.25, -0.2) is 0 Å². The van der Waals surface area contributed by atoms with Crippen LogP contribution in [0.3, 0.4) is 0 Å². The Labute approximate surface area is 125 Å². The van der Waals surface area contributed by atoms with Crippen LogP contribution in [0.4, 0.5) is 0 Å². The highest BCUT2D eigenvalue weighted by atomic mass is 31.2. The number of rotatable bonds is 6. The minimum absolute atomic E-state index is 0.143. The summed E-state index contributed by atoms with van der Waals surface area (Å²) >= 11 is 0. The van der Waals surface area contributed by atoms with Crippen molar-refractivity contribution in [3.63, 3.8) is 0 Å². The van der Waals surface area contributed by atoms with Crippen LogP contribution < -0.4 is 5.32 Å². The lowest BCUT2D eigenvalue weighted by molar-refractivity contribution is 0.209. The minimum atomic E-state index is -3.24. The Kier molecular flexibility index (Phi) is 5.55. The molecule has 0 bridgehead atoms. The van der Waals surface area contributed by atoms with Crippen LogP contribution in [0, 0.1) is 17.2 Å². The van der Waals surface area contributed by atoms with Gasteiger partial charge in [0.25, 0.3) is 0 Å². The van der Waals surface area contributed by atoms with Gasteiger partial charge in [-0.2, -0.15) is 5.26 Å². The average molecular weight is 308 g/mol. The molecular formula is C15H21N2O3P. The molecule has 6 heteroatoms. The number of benzene rings is 1. The highest BCUT2D eigenvalue weighted by Gasteiger charge is 2.45. The summed E-state index contributed by atoms with van der Waals surface area (Å²) in [7, 11) is -3.24. The number of hydrogen-bond acceptors (Lipinski definition) is 5. The van der Waals surface area contributed by atoms with E-state index in [2.05, 4.69) is 11.4 Å². The van der Waals surface area contributed by atoms with Crippen molar-refractivity contribution >= 4 is 7.60 Å². The topological polar surface area (TPSA) is 71.3 Å². The Morgan fingerprint density at radius 2 is 1.90 bits per heavy atom. The monoisotopic (exact) mass is 308 g/mol. The quantitative estimate of drug-likeness (QED) is 0.815. The molecule has 0 amide bonds. The molecule has 0 spiro atoms. The van der Waals surface area contributed by atoms with Crippen molar-refractivity contribution in [3.8, 4) is 6.07 Å². The summed E-state index contributed by atoms with van der Waals surface area (Å²) in [5.74, 6) is -0.682. The summed E-state index contributed by atoms with van der Waals surface area (Å²) in [6.07, 6.45) is 0.466. The fraction of sp³-hybridized carbons (Fsp3) is 0.533. The fourth-order valence-electron chi connectivity index (χ4n) is 2.68. The van der Waals surface area contributed by atoms with Gasteiger partial charge in [-0.3, -0.25) is 9.88 Å². The van der Waals surface area contributed by atoms with Crippen molar-refractivity contribution in [1.29, 1.82) is 5.26 Å². The van der Waals surface area contributed by atoms with Crippen LogP contribution >= 0.6 is 7.60 Å². The highest BCUT2D eigenvalue weighted by molar-refractivity contribution is 7.54. The molecule has 1 N–H and O–H groups in total. The van der Waals surface area contributed by atoms with Gasteiger partial charge in [0.05, 0.1) is 25.2 Å². The summed E-state index contributed by atoms with van der Waals surface area (Å²) < 4.78 is 23.6. The molecule has 0 unspecified atom stereocenters. The molecule has 1 saturated heterocycles. The normalized spacial score (nSPS) is 25.7. The van der Waals surface area contributed by atoms with E-state index < -0.39 is 13.4 Å². The zero-order chi connectivity index (χ0) is 15.3. The van der Waals surface area contributed by atoms with E-state index in [1.165, 1.54) is 0 Å². The predicted molar refractivity (Wildman–Crippen MR) is 80.7 cm³/mol. The maximum Gasteiger partial charge on any atom is 0.347 e. The maximum atomic E-state index is 12.8. The lowest BCUT2D eigenvalue weighted by atomic mass is 9.96. The summed E-state index contributed by atoms with van der Waals surface area (Å²) in [5, 5.41) is 12.7. The molecule has 0 radical (unpaired) electrons. The Balaban J connectivity index is 2.22. The van der Waals surface area contributed by atoms with Gasteiger partial charge in [0, 0.05) is 6.04 Å². The van der Waals surface area contributed by atoms with Crippen LogP contribution in [0.5, 0.6) is 0 Å². The first kappa shape index (κ1) is 16.2. The molecule has 2 rings (SSSR count). The molecule has 1 aliphatic rings. The Morgan fingerprint density at radius 1 is 1.29 bits per heavy atom. The van der Waals surface area contributed by atoms with Crippen LogP contribution in [-0.2, 0) is 13.6 Å². The van der Waals surface area contributed by atoms with E-state index >= 15 is 0 Å². The molecule has 114 valence electrons.